The van der Waals surface area contributed by atoms with Crippen LogP contribution < -0.4 is 10.1 Å². The largest absolute Gasteiger partial charge is 0.497 e. The van der Waals surface area contributed by atoms with E-state index in [0.29, 0.717) is 34.1 Å². The number of rotatable bonds is 5. The van der Waals surface area contributed by atoms with E-state index in [4.69, 9.17) is 13.9 Å². The molecule has 0 aliphatic heterocycles. The van der Waals surface area contributed by atoms with Gasteiger partial charge in [0.25, 0.3) is 5.91 Å². The van der Waals surface area contributed by atoms with Crippen molar-refractivity contribution in [1.29, 1.82) is 0 Å². The van der Waals surface area contributed by atoms with Crippen LogP contribution in [0.2, 0.25) is 0 Å². The van der Waals surface area contributed by atoms with Gasteiger partial charge < -0.3 is 19.2 Å². The average molecular weight is 368 g/mol. The topological polar surface area (TPSA) is 90.7 Å². The zero-order chi connectivity index (χ0) is 19.6. The van der Waals surface area contributed by atoms with Crippen molar-refractivity contribution in [3.63, 3.8) is 0 Å². The molecule has 0 bridgehead atoms. The van der Waals surface area contributed by atoms with Gasteiger partial charge in [0.2, 0.25) is 0 Å². The zero-order valence-corrected chi connectivity index (χ0v) is 15.6. The summed E-state index contributed by atoms with van der Waals surface area (Å²) in [6.07, 6.45) is 0. The molecule has 1 amide bonds. The summed E-state index contributed by atoms with van der Waals surface area (Å²) in [6, 6.07) is 8.86. The zero-order valence-electron chi connectivity index (χ0n) is 15.6. The van der Waals surface area contributed by atoms with Gasteiger partial charge in [0.05, 0.1) is 37.5 Å². The number of furan rings is 1. The maximum Gasteiger partial charge on any atom is 0.341 e. The molecule has 7 heteroatoms. The Morgan fingerprint density at radius 2 is 1.89 bits per heavy atom. The monoisotopic (exact) mass is 368 g/mol. The van der Waals surface area contributed by atoms with E-state index in [9.17, 15) is 9.59 Å². The standard InChI is InChI=1S/C20H20N2O5/c1-11-16(7-13-5-6-14(25-3)9-18(13)22-11)19(23)21-10-15-8-17(12(2)27-15)20(24)26-4/h5-9H,10H2,1-4H3,(H,21,23). The molecule has 27 heavy (non-hydrogen) atoms. The number of fused-ring (bicyclic) bond motifs is 1. The Morgan fingerprint density at radius 1 is 1.11 bits per heavy atom. The summed E-state index contributed by atoms with van der Waals surface area (Å²) in [5.41, 5.74) is 2.19. The molecule has 0 aliphatic rings. The average Bonchev–Trinajstić information content (AvgIpc) is 3.05. The minimum atomic E-state index is -0.473. The van der Waals surface area contributed by atoms with Gasteiger partial charge in [0.15, 0.2) is 0 Å². The summed E-state index contributed by atoms with van der Waals surface area (Å²) in [6.45, 7) is 3.60. The lowest BCUT2D eigenvalue weighted by Crippen LogP contribution is -2.23. The summed E-state index contributed by atoms with van der Waals surface area (Å²) < 4.78 is 15.4. The molecule has 2 aromatic heterocycles. The van der Waals surface area contributed by atoms with Crippen LogP contribution in [0.5, 0.6) is 5.75 Å². The van der Waals surface area contributed by atoms with E-state index in [1.165, 1.54) is 7.11 Å². The van der Waals surface area contributed by atoms with Gasteiger partial charge in [-0.25, -0.2) is 4.79 Å². The lowest BCUT2D eigenvalue weighted by molar-refractivity contribution is 0.0598. The number of hydrogen-bond acceptors (Lipinski definition) is 6. The molecular formula is C20H20N2O5. The van der Waals surface area contributed by atoms with Gasteiger partial charge in [-0.3, -0.25) is 9.78 Å². The summed E-state index contributed by atoms with van der Waals surface area (Å²) in [7, 11) is 2.90. The number of esters is 1. The summed E-state index contributed by atoms with van der Waals surface area (Å²) in [4.78, 5) is 28.7. The van der Waals surface area contributed by atoms with Crippen molar-refractivity contribution in [2.75, 3.05) is 14.2 Å². The fourth-order valence-electron chi connectivity index (χ4n) is 2.81. The number of aromatic nitrogens is 1. The Kier molecular flexibility index (Phi) is 5.12. The lowest BCUT2D eigenvalue weighted by Gasteiger charge is -2.09. The van der Waals surface area contributed by atoms with Gasteiger partial charge in [-0.2, -0.15) is 0 Å². The molecule has 140 valence electrons. The Hall–Kier alpha value is -3.35. The number of nitrogens with one attached hydrogen (secondary N) is 1. The summed E-state index contributed by atoms with van der Waals surface area (Å²) in [5.74, 6) is 0.882. The van der Waals surface area contributed by atoms with Crippen molar-refractivity contribution < 1.29 is 23.5 Å². The molecule has 7 nitrogen and oxygen atoms in total. The maximum atomic E-state index is 12.6. The van der Waals surface area contributed by atoms with Crippen LogP contribution in [-0.4, -0.2) is 31.1 Å². The molecule has 0 saturated carbocycles. The van der Waals surface area contributed by atoms with Crippen LogP contribution in [0.3, 0.4) is 0 Å². The second-order valence-corrected chi connectivity index (χ2v) is 6.04. The van der Waals surface area contributed by atoms with E-state index >= 15 is 0 Å². The Labute approximate surface area is 156 Å². The van der Waals surface area contributed by atoms with E-state index in [1.54, 1.807) is 33.1 Å². The predicted octanol–water partition coefficient (Wildman–Crippen LogP) is 3.17. The van der Waals surface area contributed by atoms with Crippen molar-refractivity contribution in [3.8, 4) is 5.75 Å². The first kappa shape index (κ1) is 18.4. The Bertz CT molecular complexity index is 1020. The normalized spacial score (nSPS) is 10.7. The van der Waals surface area contributed by atoms with Crippen LogP contribution in [0.25, 0.3) is 10.9 Å². The number of methoxy groups -OCH3 is 2. The van der Waals surface area contributed by atoms with Crippen molar-refractivity contribution in [1.82, 2.24) is 10.3 Å². The first-order chi connectivity index (χ1) is 12.9. The number of carbonyl (C=O) groups excluding carboxylic acids is 2. The molecule has 1 N–H and O–H groups in total. The van der Waals surface area contributed by atoms with E-state index < -0.39 is 5.97 Å². The van der Waals surface area contributed by atoms with Crippen LogP contribution in [-0.2, 0) is 11.3 Å². The number of benzene rings is 1. The first-order valence-electron chi connectivity index (χ1n) is 8.34. The number of pyridine rings is 1. The van der Waals surface area contributed by atoms with Gasteiger partial charge in [0.1, 0.15) is 22.8 Å². The molecule has 3 aromatic rings. The third-order valence-electron chi connectivity index (χ3n) is 4.26. The number of nitrogens with zero attached hydrogens (tertiary/aromatic N) is 1. The van der Waals surface area contributed by atoms with Gasteiger partial charge >= 0.3 is 5.97 Å². The minimum absolute atomic E-state index is 0.150. The number of hydrogen-bond donors (Lipinski definition) is 1. The van der Waals surface area contributed by atoms with Crippen molar-refractivity contribution >= 4 is 22.8 Å². The molecule has 0 saturated heterocycles. The molecule has 3 rings (SSSR count). The van der Waals surface area contributed by atoms with Crippen molar-refractivity contribution in [2.24, 2.45) is 0 Å². The van der Waals surface area contributed by atoms with Crippen LogP contribution >= 0.6 is 0 Å². The van der Waals surface area contributed by atoms with E-state index in [1.807, 2.05) is 18.2 Å². The van der Waals surface area contributed by atoms with E-state index in [-0.39, 0.29) is 12.5 Å². The number of carbonyl (C=O) groups is 2. The molecule has 0 aliphatic carbocycles. The second-order valence-electron chi connectivity index (χ2n) is 6.04. The lowest BCUT2D eigenvalue weighted by atomic mass is 10.1. The van der Waals surface area contributed by atoms with E-state index in [0.717, 1.165) is 10.9 Å². The third-order valence-corrected chi connectivity index (χ3v) is 4.26. The number of ether oxygens (including phenoxy) is 2. The molecule has 0 spiro atoms. The highest BCUT2D eigenvalue weighted by atomic mass is 16.5. The highest BCUT2D eigenvalue weighted by Gasteiger charge is 2.17. The first-order valence-corrected chi connectivity index (χ1v) is 8.34. The van der Waals surface area contributed by atoms with E-state index in [2.05, 4.69) is 10.3 Å². The van der Waals surface area contributed by atoms with Crippen LogP contribution in [0.4, 0.5) is 0 Å². The minimum Gasteiger partial charge on any atom is -0.497 e. The van der Waals surface area contributed by atoms with Crippen molar-refractivity contribution in [2.45, 2.75) is 20.4 Å². The highest BCUT2D eigenvalue weighted by Crippen LogP contribution is 2.22. The summed E-state index contributed by atoms with van der Waals surface area (Å²) in [5, 5.41) is 3.63. The number of amides is 1. The Balaban J connectivity index is 1.78. The van der Waals surface area contributed by atoms with Gasteiger partial charge in [-0.05, 0) is 38.1 Å². The highest BCUT2D eigenvalue weighted by molar-refractivity contribution is 5.98. The molecule has 0 unspecified atom stereocenters. The molecule has 1 aromatic carbocycles. The molecule has 0 atom stereocenters. The van der Waals surface area contributed by atoms with Crippen molar-refractivity contribution in [3.05, 3.63) is 58.7 Å². The fourth-order valence-corrected chi connectivity index (χ4v) is 2.81. The SMILES string of the molecule is COC(=O)c1cc(CNC(=O)c2cc3ccc(OC)cc3nc2C)oc1C. The summed E-state index contributed by atoms with van der Waals surface area (Å²) >= 11 is 0. The Morgan fingerprint density at radius 3 is 2.59 bits per heavy atom. The molecule has 0 radical (unpaired) electrons. The quantitative estimate of drug-likeness (QED) is 0.696. The number of aryl methyl sites for hydroxylation is 2. The van der Waals surface area contributed by atoms with Gasteiger partial charge in [-0.1, -0.05) is 0 Å². The maximum absolute atomic E-state index is 12.6. The predicted molar refractivity (Wildman–Crippen MR) is 99.0 cm³/mol. The fraction of sp³-hybridized carbons (Fsp3) is 0.250. The second kappa shape index (κ2) is 7.49. The van der Waals surface area contributed by atoms with Crippen LogP contribution in [0.15, 0.2) is 34.7 Å². The molecule has 0 fully saturated rings. The molecule has 2 heterocycles. The van der Waals surface area contributed by atoms with Crippen LogP contribution in [0, 0.1) is 13.8 Å². The smallest absolute Gasteiger partial charge is 0.341 e. The van der Waals surface area contributed by atoms with Gasteiger partial charge in [0, 0.05) is 11.5 Å². The van der Waals surface area contributed by atoms with Crippen LogP contribution in [0.1, 0.15) is 37.9 Å². The molecular weight excluding hydrogens is 348 g/mol. The third kappa shape index (κ3) is 3.76. The van der Waals surface area contributed by atoms with Gasteiger partial charge in [-0.15, -0.1) is 0 Å².